The molecule has 104 valence electrons. The van der Waals surface area contributed by atoms with Gasteiger partial charge in [-0.1, -0.05) is 42.5 Å². The highest BCUT2D eigenvalue weighted by molar-refractivity contribution is 5.99. The van der Waals surface area contributed by atoms with E-state index in [0.29, 0.717) is 11.3 Å². The fourth-order valence-corrected chi connectivity index (χ4v) is 2.20. The molecule has 0 radical (unpaired) electrons. The maximum absolute atomic E-state index is 12.2. The van der Waals surface area contributed by atoms with Crippen LogP contribution in [0, 0.1) is 6.92 Å². The molecule has 0 heterocycles. The molecule has 0 aliphatic rings. The Balaban J connectivity index is 2.02. The maximum Gasteiger partial charge on any atom is 0.253 e. The van der Waals surface area contributed by atoms with Crippen LogP contribution in [0.3, 0.4) is 0 Å². The Morgan fingerprint density at radius 1 is 1.15 bits per heavy atom. The number of para-hydroxylation sites is 1. The van der Waals surface area contributed by atoms with E-state index in [1.807, 2.05) is 44.2 Å². The van der Waals surface area contributed by atoms with Crippen LogP contribution in [0.5, 0.6) is 0 Å². The number of rotatable bonds is 4. The number of hydrogen-bond donors (Lipinski definition) is 2. The summed E-state index contributed by atoms with van der Waals surface area (Å²) in [5.74, 6) is -0.116. The molecule has 2 rings (SSSR count). The van der Waals surface area contributed by atoms with Crippen LogP contribution < -0.4 is 11.1 Å². The van der Waals surface area contributed by atoms with Gasteiger partial charge in [-0.05, 0) is 37.5 Å². The van der Waals surface area contributed by atoms with E-state index in [4.69, 9.17) is 5.73 Å². The van der Waals surface area contributed by atoms with Crippen molar-refractivity contribution in [3.63, 3.8) is 0 Å². The van der Waals surface area contributed by atoms with Crippen molar-refractivity contribution in [1.29, 1.82) is 0 Å². The zero-order valence-electron chi connectivity index (χ0n) is 11.9. The summed E-state index contributed by atoms with van der Waals surface area (Å²) in [5.41, 5.74) is 9.18. The second-order valence-corrected chi connectivity index (χ2v) is 5.10. The first kappa shape index (κ1) is 14.1. The van der Waals surface area contributed by atoms with Crippen LogP contribution in [-0.2, 0) is 6.42 Å². The summed E-state index contributed by atoms with van der Waals surface area (Å²) in [7, 11) is 0. The van der Waals surface area contributed by atoms with Crippen molar-refractivity contribution in [2.75, 3.05) is 5.73 Å². The molecule has 2 aromatic rings. The molecule has 1 unspecified atom stereocenters. The molecule has 20 heavy (non-hydrogen) atoms. The quantitative estimate of drug-likeness (QED) is 0.838. The average molecular weight is 268 g/mol. The topological polar surface area (TPSA) is 55.1 Å². The van der Waals surface area contributed by atoms with E-state index in [1.165, 1.54) is 5.56 Å². The number of nitrogens with two attached hydrogens (primary N) is 1. The van der Waals surface area contributed by atoms with Gasteiger partial charge in [-0.15, -0.1) is 0 Å². The van der Waals surface area contributed by atoms with Gasteiger partial charge in [0, 0.05) is 11.7 Å². The zero-order chi connectivity index (χ0) is 14.5. The number of nitrogens with one attached hydrogen (secondary N) is 1. The molecule has 2 aromatic carbocycles. The predicted molar refractivity (Wildman–Crippen MR) is 82.7 cm³/mol. The molecular formula is C17H20N2O. The molecule has 3 heteroatoms. The third-order valence-corrected chi connectivity index (χ3v) is 3.33. The largest absolute Gasteiger partial charge is 0.398 e. The Morgan fingerprint density at radius 2 is 1.85 bits per heavy atom. The summed E-state index contributed by atoms with van der Waals surface area (Å²) in [4.78, 5) is 12.2. The van der Waals surface area contributed by atoms with Crippen molar-refractivity contribution in [2.24, 2.45) is 0 Å². The van der Waals surface area contributed by atoms with E-state index in [0.717, 1.165) is 12.0 Å². The molecule has 1 amide bonds. The number of nitrogen functional groups attached to an aromatic ring is 1. The molecule has 0 spiro atoms. The minimum absolute atomic E-state index is 0.0600. The smallest absolute Gasteiger partial charge is 0.253 e. The summed E-state index contributed by atoms with van der Waals surface area (Å²) in [6.07, 6.45) is 0.804. The summed E-state index contributed by atoms with van der Waals surface area (Å²) in [6.45, 7) is 3.90. The van der Waals surface area contributed by atoms with Gasteiger partial charge in [0.1, 0.15) is 0 Å². The van der Waals surface area contributed by atoms with Crippen LogP contribution in [0.2, 0.25) is 0 Å². The third kappa shape index (κ3) is 3.38. The average Bonchev–Trinajstić information content (AvgIpc) is 2.42. The van der Waals surface area contributed by atoms with Gasteiger partial charge in [0.25, 0.3) is 5.91 Å². The summed E-state index contributed by atoms with van der Waals surface area (Å²) in [6, 6.07) is 15.7. The Kier molecular flexibility index (Phi) is 4.41. The van der Waals surface area contributed by atoms with Gasteiger partial charge >= 0.3 is 0 Å². The van der Waals surface area contributed by atoms with Crippen molar-refractivity contribution in [1.82, 2.24) is 5.32 Å². The summed E-state index contributed by atoms with van der Waals surface area (Å²) in [5, 5.41) is 2.99. The van der Waals surface area contributed by atoms with E-state index < -0.39 is 0 Å². The van der Waals surface area contributed by atoms with Gasteiger partial charge in [-0.2, -0.15) is 0 Å². The molecule has 0 aliphatic heterocycles. The normalized spacial score (nSPS) is 11.9. The minimum Gasteiger partial charge on any atom is -0.398 e. The second-order valence-electron chi connectivity index (χ2n) is 5.10. The Bertz CT molecular complexity index is 593. The number of carbonyl (C=O) groups excluding carboxylic acids is 1. The number of aryl methyl sites for hydroxylation is 1. The Morgan fingerprint density at radius 3 is 2.55 bits per heavy atom. The van der Waals surface area contributed by atoms with Crippen LogP contribution in [0.15, 0.2) is 48.5 Å². The third-order valence-electron chi connectivity index (χ3n) is 3.33. The molecule has 0 bridgehead atoms. The number of carbonyl (C=O) groups is 1. The molecule has 3 N–H and O–H groups in total. The van der Waals surface area contributed by atoms with Crippen LogP contribution in [0.4, 0.5) is 5.69 Å². The zero-order valence-corrected chi connectivity index (χ0v) is 11.9. The van der Waals surface area contributed by atoms with Crippen LogP contribution in [0.1, 0.15) is 28.4 Å². The number of anilines is 1. The highest BCUT2D eigenvalue weighted by Crippen LogP contribution is 2.16. The van der Waals surface area contributed by atoms with Gasteiger partial charge in [-0.25, -0.2) is 0 Å². The summed E-state index contributed by atoms with van der Waals surface area (Å²) < 4.78 is 0. The standard InChI is InChI=1S/C17H20N2O/c1-12-7-6-10-15(16(12)18)17(20)19-13(2)11-14-8-4-3-5-9-14/h3-10,13H,11,18H2,1-2H3,(H,19,20). The van der Waals surface area contributed by atoms with Crippen molar-refractivity contribution < 1.29 is 4.79 Å². The van der Waals surface area contributed by atoms with Crippen molar-refractivity contribution in [3.05, 3.63) is 65.2 Å². The molecule has 0 fully saturated rings. The molecule has 0 aliphatic carbocycles. The number of amides is 1. The number of benzene rings is 2. The molecular weight excluding hydrogens is 248 g/mol. The van der Waals surface area contributed by atoms with Crippen LogP contribution in [0.25, 0.3) is 0 Å². The molecule has 3 nitrogen and oxygen atoms in total. The van der Waals surface area contributed by atoms with Gasteiger partial charge in [0.2, 0.25) is 0 Å². The highest BCUT2D eigenvalue weighted by Gasteiger charge is 2.13. The van der Waals surface area contributed by atoms with E-state index in [2.05, 4.69) is 17.4 Å². The lowest BCUT2D eigenvalue weighted by atomic mass is 10.1. The highest BCUT2D eigenvalue weighted by atomic mass is 16.1. The van der Waals surface area contributed by atoms with E-state index in [1.54, 1.807) is 6.07 Å². The van der Waals surface area contributed by atoms with E-state index in [9.17, 15) is 4.79 Å². The lowest BCUT2D eigenvalue weighted by Crippen LogP contribution is -2.34. The van der Waals surface area contributed by atoms with Crippen LogP contribution >= 0.6 is 0 Å². The fraction of sp³-hybridized carbons (Fsp3) is 0.235. The first-order chi connectivity index (χ1) is 9.58. The Hall–Kier alpha value is -2.29. The van der Waals surface area contributed by atoms with Crippen molar-refractivity contribution in [2.45, 2.75) is 26.3 Å². The molecule has 0 saturated carbocycles. The Labute approximate surface area is 119 Å². The SMILES string of the molecule is Cc1cccc(C(=O)NC(C)Cc2ccccc2)c1N. The van der Waals surface area contributed by atoms with Gasteiger partial charge in [0.05, 0.1) is 5.56 Å². The molecule has 0 saturated heterocycles. The monoisotopic (exact) mass is 268 g/mol. The minimum atomic E-state index is -0.116. The first-order valence-electron chi connectivity index (χ1n) is 6.78. The number of hydrogen-bond acceptors (Lipinski definition) is 2. The van der Waals surface area contributed by atoms with E-state index >= 15 is 0 Å². The van der Waals surface area contributed by atoms with Crippen molar-refractivity contribution >= 4 is 11.6 Å². The van der Waals surface area contributed by atoms with Gasteiger partial charge in [-0.3, -0.25) is 4.79 Å². The molecule has 1 atom stereocenters. The maximum atomic E-state index is 12.2. The lowest BCUT2D eigenvalue weighted by molar-refractivity contribution is 0.0941. The predicted octanol–water partition coefficient (Wildman–Crippen LogP) is 2.94. The van der Waals surface area contributed by atoms with E-state index in [-0.39, 0.29) is 11.9 Å². The van der Waals surface area contributed by atoms with Gasteiger partial charge in [0.15, 0.2) is 0 Å². The van der Waals surface area contributed by atoms with Crippen LogP contribution in [-0.4, -0.2) is 11.9 Å². The van der Waals surface area contributed by atoms with Gasteiger partial charge < -0.3 is 11.1 Å². The lowest BCUT2D eigenvalue weighted by Gasteiger charge is -2.15. The first-order valence-corrected chi connectivity index (χ1v) is 6.78. The fourth-order valence-electron chi connectivity index (χ4n) is 2.20. The second kappa shape index (κ2) is 6.24. The molecule has 0 aromatic heterocycles. The summed E-state index contributed by atoms with van der Waals surface area (Å²) >= 11 is 0. The van der Waals surface area contributed by atoms with Crippen molar-refractivity contribution in [3.8, 4) is 0 Å².